The fraction of sp³-hybridized carbons (Fsp3) is 0.368. The number of anilines is 1. The largest absolute Gasteiger partial charge is 0.467 e. The van der Waals surface area contributed by atoms with Crippen molar-refractivity contribution in [2.24, 2.45) is 11.8 Å². The molecule has 126 valence electrons. The molecule has 1 saturated carbocycles. The van der Waals surface area contributed by atoms with Crippen LogP contribution in [0.25, 0.3) is 0 Å². The minimum absolute atomic E-state index is 0.0132. The number of para-hydroxylation sites is 1. The van der Waals surface area contributed by atoms with E-state index < -0.39 is 0 Å². The van der Waals surface area contributed by atoms with Crippen LogP contribution in [0.1, 0.15) is 31.4 Å². The zero-order valence-electron chi connectivity index (χ0n) is 13.5. The fourth-order valence-corrected chi connectivity index (χ4v) is 3.12. The van der Waals surface area contributed by atoms with Gasteiger partial charge in [0.25, 0.3) is 0 Å². The van der Waals surface area contributed by atoms with E-state index in [9.17, 15) is 9.59 Å². The van der Waals surface area contributed by atoms with E-state index in [0.29, 0.717) is 6.54 Å². The highest BCUT2D eigenvalue weighted by atomic mass is 16.3. The van der Waals surface area contributed by atoms with Gasteiger partial charge in [0, 0.05) is 17.5 Å². The van der Waals surface area contributed by atoms with Crippen LogP contribution in [0.4, 0.5) is 5.69 Å². The quantitative estimate of drug-likeness (QED) is 0.885. The molecule has 0 aliphatic heterocycles. The van der Waals surface area contributed by atoms with Gasteiger partial charge in [0.15, 0.2) is 0 Å². The van der Waals surface area contributed by atoms with Crippen LogP contribution in [0.15, 0.2) is 53.1 Å². The normalized spacial score (nSPS) is 20.3. The Labute approximate surface area is 141 Å². The van der Waals surface area contributed by atoms with Crippen LogP contribution in [-0.4, -0.2) is 11.8 Å². The van der Waals surface area contributed by atoms with Crippen molar-refractivity contribution in [3.63, 3.8) is 0 Å². The van der Waals surface area contributed by atoms with E-state index in [4.69, 9.17) is 4.42 Å². The summed E-state index contributed by atoms with van der Waals surface area (Å²) in [6.45, 7) is 0.417. The van der Waals surface area contributed by atoms with Gasteiger partial charge < -0.3 is 15.1 Å². The lowest BCUT2D eigenvalue weighted by Crippen LogP contribution is -2.35. The molecule has 0 spiro atoms. The van der Waals surface area contributed by atoms with Crippen molar-refractivity contribution in [2.45, 2.75) is 32.2 Å². The van der Waals surface area contributed by atoms with E-state index in [2.05, 4.69) is 10.6 Å². The first-order chi connectivity index (χ1) is 11.7. The Hall–Kier alpha value is -2.56. The summed E-state index contributed by atoms with van der Waals surface area (Å²) in [5, 5.41) is 5.85. The van der Waals surface area contributed by atoms with Crippen molar-refractivity contribution >= 4 is 17.5 Å². The molecule has 1 fully saturated rings. The maximum Gasteiger partial charge on any atom is 0.227 e. The van der Waals surface area contributed by atoms with Gasteiger partial charge in [0.1, 0.15) is 5.76 Å². The molecule has 0 atom stereocenters. The van der Waals surface area contributed by atoms with Crippen molar-refractivity contribution in [3.05, 3.63) is 54.5 Å². The number of carbonyl (C=O) groups is 2. The highest BCUT2D eigenvalue weighted by Crippen LogP contribution is 2.30. The first kappa shape index (κ1) is 16.3. The third kappa shape index (κ3) is 4.25. The van der Waals surface area contributed by atoms with Crippen molar-refractivity contribution in [1.82, 2.24) is 5.32 Å². The van der Waals surface area contributed by atoms with E-state index in [-0.39, 0.29) is 23.7 Å². The number of amides is 2. The van der Waals surface area contributed by atoms with Crippen LogP contribution < -0.4 is 10.6 Å². The van der Waals surface area contributed by atoms with E-state index in [1.165, 1.54) is 0 Å². The van der Waals surface area contributed by atoms with Crippen LogP contribution in [0.5, 0.6) is 0 Å². The average Bonchev–Trinajstić information content (AvgIpc) is 3.14. The molecule has 3 rings (SSSR count). The average molecular weight is 326 g/mol. The van der Waals surface area contributed by atoms with Crippen LogP contribution in [-0.2, 0) is 16.1 Å². The summed E-state index contributed by atoms with van der Waals surface area (Å²) in [5.74, 6) is 0.823. The molecule has 5 nitrogen and oxygen atoms in total. The number of hydrogen-bond donors (Lipinski definition) is 2. The van der Waals surface area contributed by atoms with Crippen LogP contribution in [0, 0.1) is 11.8 Å². The molecule has 1 heterocycles. The molecule has 24 heavy (non-hydrogen) atoms. The van der Waals surface area contributed by atoms with Gasteiger partial charge in [0.2, 0.25) is 11.8 Å². The van der Waals surface area contributed by atoms with Crippen molar-refractivity contribution in [2.75, 3.05) is 5.32 Å². The number of furan rings is 1. The summed E-state index contributed by atoms with van der Waals surface area (Å²) in [6, 6.07) is 13.1. The maximum atomic E-state index is 12.3. The molecule has 1 aliphatic rings. The van der Waals surface area contributed by atoms with Gasteiger partial charge in [-0.25, -0.2) is 0 Å². The monoisotopic (exact) mass is 326 g/mol. The summed E-state index contributed by atoms with van der Waals surface area (Å²) in [7, 11) is 0. The Morgan fingerprint density at radius 3 is 2.21 bits per heavy atom. The van der Waals surface area contributed by atoms with Gasteiger partial charge >= 0.3 is 0 Å². The Morgan fingerprint density at radius 2 is 1.58 bits per heavy atom. The highest BCUT2D eigenvalue weighted by molar-refractivity contribution is 5.92. The smallest absolute Gasteiger partial charge is 0.227 e. The topological polar surface area (TPSA) is 71.3 Å². The second kappa shape index (κ2) is 7.81. The second-order valence-electron chi connectivity index (χ2n) is 6.20. The van der Waals surface area contributed by atoms with Gasteiger partial charge in [-0.15, -0.1) is 0 Å². The lowest BCUT2D eigenvalue weighted by Gasteiger charge is -2.27. The van der Waals surface area contributed by atoms with Crippen LogP contribution in [0.2, 0.25) is 0 Å². The molecule has 2 aromatic rings. The van der Waals surface area contributed by atoms with Gasteiger partial charge in [-0.05, 0) is 49.9 Å². The van der Waals surface area contributed by atoms with E-state index in [0.717, 1.165) is 37.1 Å². The Balaban J connectivity index is 1.43. The van der Waals surface area contributed by atoms with Gasteiger partial charge in [-0.1, -0.05) is 18.2 Å². The maximum absolute atomic E-state index is 12.3. The fourth-order valence-electron chi connectivity index (χ4n) is 3.12. The van der Waals surface area contributed by atoms with E-state index in [1.807, 2.05) is 36.4 Å². The summed E-state index contributed by atoms with van der Waals surface area (Å²) in [6.07, 6.45) is 4.58. The number of benzene rings is 1. The van der Waals surface area contributed by atoms with E-state index >= 15 is 0 Å². The molecule has 1 aromatic heterocycles. The number of hydrogen-bond acceptors (Lipinski definition) is 3. The Bertz CT molecular complexity index is 659. The minimum Gasteiger partial charge on any atom is -0.467 e. The van der Waals surface area contributed by atoms with Crippen LogP contribution in [0.3, 0.4) is 0 Å². The standard InChI is InChI=1S/C19H22N2O3/c22-18(20-13-17-7-4-12-24-17)14-8-10-15(11-9-14)19(23)21-16-5-2-1-3-6-16/h1-7,12,14-15H,8-11,13H2,(H,20,22)(H,21,23). The van der Waals surface area contributed by atoms with Crippen molar-refractivity contribution < 1.29 is 14.0 Å². The van der Waals surface area contributed by atoms with Crippen LogP contribution >= 0.6 is 0 Å². The number of nitrogens with one attached hydrogen (secondary N) is 2. The summed E-state index contributed by atoms with van der Waals surface area (Å²) in [4.78, 5) is 24.5. The Morgan fingerprint density at radius 1 is 0.917 bits per heavy atom. The lowest BCUT2D eigenvalue weighted by atomic mass is 9.81. The van der Waals surface area contributed by atoms with Gasteiger partial charge in [0.05, 0.1) is 12.8 Å². The highest BCUT2D eigenvalue weighted by Gasteiger charge is 2.29. The zero-order chi connectivity index (χ0) is 16.8. The number of rotatable bonds is 5. The second-order valence-corrected chi connectivity index (χ2v) is 6.20. The lowest BCUT2D eigenvalue weighted by molar-refractivity contribution is -0.128. The molecule has 1 aromatic carbocycles. The summed E-state index contributed by atoms with van der Waals surface area (Å²) in [5.41, 5.74) is 0.820. The molecular formula is C19H22N2O3. The third-order valence-electron chi connectivity index (χ3n) is 4.53. The molecule has 0 saturated heterocycles. The molecule has 0 bridgehead atoms. The van der Waals surface area contributed by atoms with Crippen molar-refractivity contribution in [1.29, 1.82) is 0 Å². The SMILES string of the molecule is O=C(NCc1ccco1)C1CCC(C(=O)Nc2ccccc2)CC1. The molecule has 5 heteroatoms. The first-order valence-corrected chi connectivity index (χ1v) is 8.38. The molecule has 1 aliphatic carbocycles. The van der Waals surface area contributed by atoms with E-state index in [1.54, 1.807) is 12.3 Å². The predicted octanol–water partition coefficient (Wildman–Crippen LogP) is 3.34. The summed E-state index contributed by atoms with van der Waals surface area (Å²) < 4.78 is 5.21. The van der Waals surface area contributed by atoms with Crippen molar-refractivity contribution in [3.8, 4) is 0 Å². The predicted molar refractivity (Wildman–Crippen MR) is 91.1 cm³/mol. The third-order valence-corrected chi connectivity index (χ3v) is 4.53. The zero-order valence-corrected chi connectivity index (χ0v) is 13.5. The Kier molecular flexibility index (Phi) is 5.31. The van der Waals surface area contributed by atoms with Gasteiger partial charge in [-0.3, -0.25) is 9.59 Å². The molecule has 0 unspecified atom stereocenters. The molecule has 0 radical (unpaired) electrons. The first-order valence-electron chi connectivity index (χ1n) is 8.38. The molecule has 2 amide bonds. The summed E-state index contributed by atoms with van der Waals surface area (Å²) >= 11 is 0. The minimum atomic E-state index is -0.0145. The van der Waals surface area contributed by atoms with Gasteiger partial charge in [-0.2, -0.15) is 0 Å². The molecule has 2 N–H and O–H groups in total. The molecular weight excluding hydrogens is 304 g/mol. The number of carbonyl (C=O) groups excluding carboxylic acids is 2.